The fraction of sp³-hybridized carbons (Fsp3) is 0.312. The number of thiophene rings is 1. The van der Waals surface area contributed by atoms with Crippen molar-refractivity contribution in [2.24, 2.45) is 0 Å². The number of rotatable bonds is 3. The van der Waals surface area contributed by atoms with Crippen LogP contribution in [0, 0.1) is 27.7 Å². The van der Waals surface area contributed by atoms with Gasteiger partial charge in [0, 0.05) is 16.3 Å². The van der Waals surface area contributed by atoms with Gasteiger partial charge in [-0.25, -0.2) is 9.97 Å². The van der Waals surface area contributed by atoms with Gasteiger partial charge in [0.05, 0.1) is 11.1 Å². The highest BCUT2D eigenvalue weighted by Gasteiger charge is 2.14. The highest BCUT2D eigenvalue weighted by atomic mass is 32.2. The number of aryl methyl sites for hydroxylation is 4. The van der Waals surface area contributed by atoms with Crippen molar-refractivity contribution in [2.45, 2.75) is 38.6 Å². The van der Waals surface area contributed by atoms with Crippen molar-refractivity contribution in [3.8, 4) is 0 Å². The van der Waals surface area contributed by atoms with Gasteiger partial charge in [-0.2, -0.15) is 0 Å². The normalized spacial score (nSPS) is 11.7. The van der Waals surface area contributed by atoms with E-state index >= 15 is 0 Å². The number of thioether (sulfide) groups is 1. The molecule has 25 heavy (non-hydrogen) atoms. The molecule has 0 atom stereocenters. The Hall–Kier alpha value is -2.26. The Kier molecular flexibility index (Phi) is 3.84. The van der Waals surface area contributed by atoms with Gasteiger partial charge in [0.25, 0.3) is 11.3 Å². The minimum atomic E-state index is -0.0815. The molecule has 7 nitrogen and oxygen atoms in total. The molecule has 0 aromatic carbocycles. The van der Waals surface area contributed by atoms with E-state index in [-0.39, 0.29) is 5.56 Å². The van der Waals surface area contributed by atoms with Crippen molar-refractivity contribution in [3.05, 3.63) is 44.1 Å². The third-order valence-electron chi connectivity index (χ3n) is 4.09. The zero-order valence-corrected chi connectivity index (χ0v) is 15.9. The van der Waals surface area contributed by atoms with Gasteiger partial charge in [-0.3, -0.25) is 9.20 Å². The average molecular weight is 372 g/mol. The van der Waals surface area contributed by atoms with Crippen molar-refractivity contribution < 1.29 is 0 Å². The lowest BCUT2D eigenvalue weighted by Gasteiger charge is -2.04. The number of nitrogens with one attached hydrogen (secondary N) is 1. The molecule has 4 rings (SSSR count). The predicted molar refractivity (Wildman–Crippen MR) is 99.5 cm³/mol. The molecule has 0 aliphatic heterocycles. The van der Waals surface area contributed by atoms with Crippen LogP contribution in [0.15, 0.2) is 16.0 Å². The minimum Gasteiger partial charge on any atom is -0.309 e. The quantitative estimate of drug-likeness (QED) is 0.556. The van der Waals surface area contributed by atoms with Crippen LogP contribution in [0.1, 0.15) is 27.7 Å². The first-order valence-electron chi connectivity index (χ1n) is 7.75. The first-order chi connectivity index (χ1) is 11.9. The van der Waals surface area contributed by atoms with Crippen LogP contribution in [0.5, 0.6) is 0 Å². The fourth-order valence-corrected chi connectivity index (χ4v) is 4.70. The van der Waals surface area contributed by atoms with Crippen molar-refractivity contribution >= 4 is 39.1 Å². The number of aromatic amines is 1. The summed E-state index contributed by atoms with van der Waals surface area (Å²) < 4.78 is 1.91. The molecule has 0 saturated carbocycles. The van der Waals surface area contributed by atoms with Crippen LogP contribution in [0.3, 0.4) is 0 Å². The highest BCUT2D eigenvalue weighted by molar-refractivity contribution is 7.98. The van der Waals surface area contributed by atoms with Crippen LogP contribution in [-0.2, 0) is 5.75 Å². The molecular weight excluding hydrogens is 356 g/mol. The van der Waals surface area contributed by atoms with Crippen molar-refractivity contribution in [3.63, 3.8) is 0 Å². The molecule has 4 aromatic rings. The standard InChI is InChI=1S/C16H16N6OS2/c1-7-5-8(2)22-15(17-7)20-21-16(22)24-6-11-18-13(23)12-9(3)10(4)25-14(12)19-11/h5H,6H2,1-4H3,(H,18,19,23). The number of hydrogen-bond acceptors (Lipinski definition) is 7. The summed E-state index contributed by atoms with van der Waals surface area (Å²) in [5, 5.41) is 9.77. The molecule has 0 bridgehead atoms. The summed E-state index contributed by atoms with van der Waals surface area (Å²) in [5.41, 5.74) is 2.86. The maximum Gasteiger partial charge on any atom is 0.259 e. The second-order valence-electron chi connectivity index (χ2n) is 5.92. The summed E-state index contributed by atoms with van der Waals surface area (Å²) in [6.07, 6.45) is 0. The SMILES string of the molecule is Cc1cc(C)n2c(SCc3nc4sc(C)c(C)c4c(=O)[nH]3)nnc2n1. The molecule has 1 N–H and O–H groups in total. The van der Waals surface area contributed by atoms with Gasteiger partial charge in [-0.15, -0.1) is 21.5 Å². The van der Waals surface area contributed by atoms with Crippen LogP contribution in [0.2, 0.25) is 0 Å². The van der Waals surface area contributed by atoms with Crippen LogP contribution < -0.4 is 5.56 Å². The molecule has 0 aliphatic carbocycles. The molecule has 0 spiro atoms. The van der Waals surface area contributed by atoms with Gasteiger partial charge in [-0.05, 0) is 39.3 Å². The number of H-pyrrole nitrogens is 1. The van der Waals surface area contributed by atoms with Crippen molar-refractivity contribution in [2.75, 3.05) is 0 Å². The molecule has 4 aromatic heterocycles. The molecule has 9 heteroatoms. The van der Waals surface area contributed by atoms with Crippen LogP contribution in [0.25, 0.3) is 16.0 Å². The number of hydrogen-bond donors (Lipinski definition) is 1. The van der Waals surface area contributed by atoms with Gasteiger partial charge in [0.1, 0.15) is 10.7 Å². The van der Waals surface area contributed by atoms with Gasteiger partial charge in [0.2, 0.25) is 0 Å². The molecule has 0 aliphatic rings. The maximum atomic E-state index is 12.4. The van der Waals surface area contributed by atoms with E-state index in [4.69, 9.17) is 0 Å². The molecule has 128 valence electrons. The van der Waals surface area contributed by atoms with E-state index in [9.17, 15) is 4.79 Å². The van der Waals surface area contributed by atoms with E-state index in [2.05, 4.69) is 25.1 Å². The number of aromatic nitrogens is 6. The fourth-order valence-electron chi connectivity index (χ4n) is 2.79. The summed E-state index contributed by atoms with van der Waals surface area (Å²) >= 11 is 3.03. The van der Waals surface area contributed by atoms with Gasteiger partial charge >= 0.3 is 0 Å². The Morgan fingerprint density at radius 1 is 1.20 bits per heavy atom. The first-order valence-corrected chi connectivity index (χ1v) is 9.55. The molecule has 0 saturated heterocycles. The third kappa shape index (κ3) is 2.73. The molecule has 0 radical (unpaired) electrons. The van der Waals surface area contributed by atoms with Gasteiger partial charge in [-0.1, -0.05) is 11.8 Å². The van der Waals surface area contributed by atoms with Crippen LogP contribution in [0.4, 0.5) is 0 Å². The zero-order valence-electron chi connectivity index (χ0n) is 14.2. The monoisotopic (exact) mass is 372 g/mol. The third-order valence-corrected chi connectivity index (χ3v) is 6.13. The molecule has 0 fully saturated rings. The van der Waals surface area contributed by atoms with Gasteiger partial charge in [0.15, 0.2) is 5.16 Å². The second-order valence-corrected chi connectivity index (χ2v) is 8.07. The van der Waals surface area contributed by atoms with Crippen molar-refractivity contribution in [1.29, 1.82) is 0 Å². The number of fused-ring (bicyclic) bond motifs is 2. The summed E-state index contributed by atoms with van der Waals surface area (Å²) in [7, 11) is 0. The topological polar surface area (TPSA) is 88.8 Å². The van der Waals surface area contributed by atoms with E-state index in [1.807, 2.05) is 38.2 Å². The van der Waals surface area contributed by atoms with Gasteiger partial charge < -0.3 is 4.98 Å². The zero-order chi connectivity index (χ0) is 17.7. The summed E-state index contributed by atoms with van der Waals surface area (Å²) in [6.45, 7) is 7.90. The Balaban J connectivity index is 1.68. The Morgan fingerprint density at radius 2 is 2.00 bits per heavy atom. The Morgan fingerprint density at radius 3 is 2.80 bits per heavy atom. The lowest BCUT2D eigenvalue weighted by Crippen LogP contribution is -2.11. The summed E-state index contributed by atoms with van der Waals surface area (Å²) in [5.74, 6) is 1.73. The Bertz CT molecular complexity index is 1170. The minimum absolute atomic E-state index is 0.0815. The van der Waals surface area contributed by atoms with E-state index in [1.165, 1.54) is 11.8 Å². The summed E-state index contributed by atoms with van der Waals surface area (Å²) in [4.78, 5) is 26.1. The average Bonchev–Trinajstić information content (AvgIpc) is 3.07. The predicted octanol–water partition coefficient (Wildman–Crippen LogP) is 2.95. The largest absolute Gasteiger partial charge is 0.309 e. The van der Waals surface area contributed by atoms with E-state index < -0.39 is 0 Å². The maximum absolute atomic E-state index is 12.4. The van der Waals surface area contributed by atoms with E-state index in [0.29, 0.717) is 22.7 Å². The highest BCUT2D eigenvalue weighted by Crippen LogP contribution is 2.27. The van der Waals surface area contributed by atoms with E-state index in [1.54, 1.807) is 11.3 Å². The molecule has 0 unspecified atom stereocenters. The lowest BCUT2D eigenvalue weighted by atomic mass is 10.2. The molecule has 0 amide bonds. The van der Waals surface area contributed by atoms with Crippen molar-refractivity contribution in [1.82, 2.24) is 29.5 Å². The number of nitrogens with zero attached hydrogens (tertiary/aromatic N) is 5. The lowest BCUT2D eigenvalue weighted by molar-refractivity contribution is 0.883. The molecule has 4 heterocycles. The Labute approximate surface area is 151 Å². The summed E-state index contributed by atoms with van der Waals surface area (Å²) in [6, 6.07) is 1.99. The smallest absolute Gasteiger partial charge is 0.259 e. The van der Waals surface area contributed by atoms with E-state index in [0.717, 1.165) is 31.8 Å². The molecular formula is C16H16N6OS2. The van der Waals surface area contributed by atoms with Crippen LogP contribution in [-0.4, -0.2) is 29.5 Å². The first kappa shape index (κ1) is 16.2. The second kappa shape index (κ2) is 5.92. The van der Waals surface area contributed by atoms with Crippen LogP contribution >= 0.6 is 23.1 Å².